The minimum absolute atomic E-state index is 0.685. The van der Waals surface area contributed by atoms with Crippen molar-refractivity contribution in [2.45, 2.75) is 39.2 Å². The molecule has 0 saturated carbocycles. The number of ether oxygens (including phenoxy) is 1. The van der Waals surface area contributed by atoms with E-state index in [1.54, 1.807) is 0 Å². The normalized spacial score (nSPS) is 18.9. The molecule has 0 bridgehead atoms. The fraction of sp³-hybridized carbons (Fsp3) is 1.00. The Balaban J connectivity index is 2.20. The monoisotopic (exact) mass is 288 g/mol. The van der Waals surface area contributed by atoms with Gasteiger partial charge in [0.2, 0.25) is 0 Å². The molecule has 1 fully saturated rings. The van der Waals surface area contributed by atoms with E-state index in [4.69, 9.17) is 4.74 Å². The highest BCUT2D eigenvalue weighted by atomic mass is 32.2. The van der Waals surface area contributed by atoms with Gasteiger partial charge in [-0.1, -0.05) is 13.8 Å². The van der Waals surface area contributed by atoms with Crippen molar-refractivity contribution in [2.24, 2.45) is 5.92 Å². The maximum atomic E-state index is 5.46. The van der Waals surface area contributed by atoms with E-state index < -0.39 is 0 Å². The van der Waals surface area contributed by atoms with Gasteiger partial charge in [-0.2, -0.15) is 11.8 Å². The fourth-order valence-electron chi connectivity index (χ4n) is 2.61. The molecule has 1 atom stereocenters. The van der Waals surface area contributed by atoms with Crippen LogP contribution in [0.1, 0.15) is 33.1 Å². The first-order valence-electron chi connectivity index (χ1n) is 7.75. The van der Waals surface area contributed by atoms with E-state index >= 15 is 0 Å². The molecule has 1 unspecified atom stereocenters. The summed E-state index contributed by atoms with van der Waals surface area (Å²) >= 11 is 1.95. The van der Waals surface area contributed by atoms with Crippen molar-refractivity contribution in [2.75, 3.05) is 51.4 Å². The molecule has 0 aromatic carbocycles. The van der Waals surface area contributed by atoms with E-state index in [0.717, 1.165) is 38.8 Å². The van der Waals surface area contributed by atoms with Crippen molar-refractivity contribution >= 4 is 11.8 Å². The van der Waals surface area contributed by atoms with Crippen LogP contribution in [0.4, 0.5) is 0 Å². The summed E-state index contributed by atoms with van der Waals surface area (Å²) < 4.78 is 5.46. The van der Waals surface area contributed by atoms with E-state index in [0.29, 0.717) is 6.04 Å². The standard InChI is InChI=1S/C15H32N2OS/c1-14(2)12-15(17-7-9-18-10-8-17)13-16-6-4-5-11-19-3/h14-16H,4-13H2,1-3H3. The lowest BCUT2D eigenvalue weighted by Crippen LogP contribution is -2.48. The summed E-state index contributed by atoms with van der Waals surface area (Å²) in [5.74, 6) is 2.06. The maximum Gasteiger partial charge on any atom is 0.0594 e. The Labute approximate surface area is 123 Å². The summed E-state index contributed by atoms with van der Waals surface area (Å²) in [7, 11) is 0. The first-order chi connectivity index (χ1) is 9.24. The fourth-order valence-corrected chi connectivity index (χ4v) is 3.11. The molecule has 1 aliphatic heterocycles. The third kappa shape index (κ3) is 8.18. The van der Waals surface area contributed by atoms with Crippen molar-refractivity contribution in [3.05, 3.63) is 0 Å². The van der Waals surface area contributed by atoms with E-state index in [1.807, 2.05) is 11.8 Å². The summed E-state index contributed by atoms with van der Waals surface area (Å²) in [5, 5.41) is 3.66. The molecule has 114 valence electrons. The second-order valence-corrected chi connectivity index (χ2v) is 6.82. The van der Waals surface area contributed by atoms with Crippen LogP contribution in [-0.2, 0) is 4.74 Å². The van der Waals surface area contributed by atoms with Gasteiger partial charge in [-0.15, -0.1) is 0 Å². The van der Waals surface area contributed by atoms with Gasteiger partial charge in [-0.25, -0.2) is 0 Å². The van der Waals surface area contributed by atoms with Crippen LogP contribution in [-0.4, -0.2) is 62.3 Å². The van der Waals surface area contributed by atoms with Crippen LogP contribution in [0.25, 0.3) is 0 Å². The van der Waals surface area contributed by atoms with Crippen LogP contribution >= 0.6 is 11.8 Å². The average molecular weight is 289 g/mol. The second kappa shape index (κ2) is 11.0. The molecule has 1 heterocycles. The predicted molar refractivity (Wildman–Crippen MR) is 86.1 cm³/mol. The van der Waals surface area contributed by atoms with Gasteiger partial charge in [-0.3, -0.25) is 4.90 Å². The SMILES string of the molecule is CSCCCCNCC(CC(C)C)N1CCOCC1. The van der Waals surface area contributed by atoms with Crippen molar-refractivity contribution in [1.29, 1.82) is 0 Å². The highest BCUT2D eigenvalue weighted by Crippen LogP contribution is 2.13. The van der Waals surface area contributed by atoms with Gasteiger partial charge in [0.25, 0.3) is 0 Å². The van der Waals surface area contributed by atoms with Gasteiger partial charge in [0.1, 0.15) is 0 Å². The summed E-state index contributed by atoms with van der Waals surface area (Å²) in [5.41, 5.74) is 0. The zero-order valence-corrected chi connectivity index (χ0v) is 13.8. The Morgan fingerprint density at radius 2 is 1.95 bits per heavy atom. The van der Waals surface area contributed by atoms with Crippen molar-refractivity contribution in [1.82, 2.24) is 10.2 Å². The number of morpholine rings is 1. The smallest absolute Gasteiger partial charge is 0.0594 e. The minimum atomic E-state index is 0.685. The number of unbranched alkanes of at least 4 members (excludes halogenated alkanes) is 1. The molecule has 0 aliphatic carbocycles. The molecule has 1 N–H and O–H groups in total. The maximum absolute atomic E-state index is 5.46. The highest BCUT2D eigenvalue weighted by Gasteiger charge is 2.21. The third-order valence-electron chi connectivity index (χ3n) is 3.64. The number of hydrogen-bond acceptors (Lipinski definition) is 4. The minimum Gasteiger partial charge on any atom is -0.379 e. The molecule has 1 saturated heterocycles. The number of nitrogens with zero attached hydrogens (tertiary/aromatic N) is 1. The Bertz CT molecular complexity index is 208. The summed E-state index contributed by atoms with van der Waals surface area (Å²) in [4.78, 5) is 2.61. The Kier molecular flexibility index (Phi) is 9.96. The Morgan fingerprint density at radius 3 is 2.58 bits per heavy atom. The lowest BCUT2D eigenvalue weighted by molar-refractivity contribution is 0.0124. The topological polar surface area (TPSA) is 24.5 Å². The van der Waals surface area contributed by atoms with Gasteiger partial charge in [0, 0.05) is 25.7 Å². The van der Waals surface area contributed by atoms with Gasteiger partial charge in [0.05, 0.1) is 13.2 Å². The molecule has 0 spiro atoms. The molecule has 1 aliphatic rings. The predicted octanol–water partition coefficient (Wildman–Crippen LogP) is 2.47. The molecule has 1 rings (SSSR count). The van der Waals surface area contributed by atoms with E-state index in [9.17, 15) is 0 Å². The molecule has 0 aromatic heterocycles. The van der Waals surface area contributed by atoms with Gasteiger partial charge >= 0.3 is 0 Å². The van der Waals surface area contributed by atoms with Crippen molar-refractivity contribution in [3.63, 3.8) is 0 Å². The lowest BCUT2D eigenvalue weighted by atomic mass is 10.0. The van der Waals surface area contributed by atoms with E-state index in [2.05, 4.69) is 30.3 Å². The van der Waals surface area contributed by atoms with Crippen LogP contribution in [0.3, 0.4) is 0 Å². The quantitative estimate of drug-likeness (QED) is 0.624. The molecule has 19 heavy (non-hydrogen) atoms. The number of rotatable bonds is 10. The molecule has 4 heteroatoms. The summed E-state index contributed by atoms with van der Waals surface area (Å²) in [6.45, 7) is 11.0. The van der Waals surface area contributed by atoms with E-state index in [-0.39, 0.29) is 0 Å². The van der Waals surface area contributed by atoms with Crippen LogP contribution in [0.2, 0.25) is 0 Å². The van der Waals surface area contributed by atoms with Gasteiger partial charge < -0.3 is 10.1 Å². The second-order valence-electron chi connectivity index (χ2n) is 5.84. The van der Waals surface area contributed by atoms with Crippen molar-refractivity contribution in [3.8, 4) is 0 Å². The summed E-state index contributed by atoms with van der Waals surface area (Å²) in [6, 6.07) is 0.685. The lowest BCUT2D eigenvalue weighted by Gasteiger charge is -2.35. The zero-order valence-electron chi connectivity index (χ0n) is 13.0. The van der Waals surface area contributed by atoms with Crippen LogP contribution in [0.5, 0.6) is 0 Å². The summed E-state index contributed by atoms with van der Waals surface area (Å²) in [6.07, 6.45) is 6.11. The molecule has 0 amide bonds. The third-order valence-corrected chi connectivity index (χ3v) is 4.33. The van der Waals surface area contributed by atoms with Crippen LogP contribution < -0.4 is 5.32 Å². The molecule has 0 aromatic rings. The van der Waals surface area contributed by atoms with Crippen molar-refractivity contribution < 1.29 is 4.74 Å². The molecular formula is C15H32N2OS. The number of hydrogen-bond donors (Lipinski definition) is 1. The molecule has 3 nitrogen and oxygen atoms in total. The first-order valence-corrected chi connectivity index (χ1v) is 9.15. The zero-order chi connectivity index (χ0) is 13.9. The number of thioether (sulfide) groups is 1. The van der Waals surface area contributed by atoms with Gasteiger partial charge in [0.15, 0.2) is 0 Å². The largest absolute Gasteiger partial charge is 0.379 e. The van der Waals surface area contributed by atoms with Crippen LogP contribution in [0.15, 0.2) is 0 Å². The first kappa shape index (κ1) is 17.3. The van der Waals surface area contributed by atoms with Crippen LogP contribution in [0, 0.1) is 5.92 Å². The molecular weight excluding hydrogens is 256 g/mol. The Hall–Kier alpha value is 0.230. The average Bonchev–Trinajstić information content (AvgIpc) is 2.42. The van der Waals surface area contributed by atoms with E-state index in [1.165, 1.54) is 31.6 Å². The molecule has 0 radical (unpaired) electrons. The number of nitrogens with one attached hydrogen (secondary N) is 1. The Morgan fingerprint density at radius 1 is 1.21 bits per heavy atom. The van der Waals surface area contributed by atoms with Gasteiger partial charge in [-0.05, 0) is 43.7 Å². The highest BCUT2D eigenvalue weighted by molar-refractivity contribution is 7.98.